The Labute approximate surface area is 85.5 Å². The molecule has 0 spiro atoms. The van der Waals surface area contributed by atoms with Gasteiger partial charge in [0.2, 0.25) is 0 Å². The summed E-state index contributed by atoms with van der Waals surface area (Å²) in [5.74, 6) is 2.43. The van der Waals surface area contributed by atoms with Gasteiger partial charge < -0.3 is 5.73 Å². The molecule has 1 rings (SSSR count). The summed E-state index contributed by atoms with van der Waals surface area (Å²) >= 11 is 7.11. The molecule has 0 fully saturated rings. The molecule has 68 valence electrons. The first kappa shape index (κ1) is 10.2. The maximum atomic E-state index is 12.8. The van der Waals surface area contributed by atoms with Crippen LogP contribution < -0.4 is 5.73 Å². The van der Waals surface area contributed by atoms with Gasteiger partial charge in [0.15, 0.2) is 0 Å². The van der Waals surface area contributed by atoms with E-state index in [1.54, 1.807) is 0 Å². The molecule has 2 N–H and O–H groups in total. The van der Waals surface area contributed by atoms with Crippen molar-refractivity contribution < 1.29 is 4.39 Å². The van der Waals surface area contributed by atoms with Crippen molar-refractivity contribution in [2.24, 2.45) is 0 Å². The molecule has 1 nitrogen and oxygen atoms in total. The fourth-order valence-corrected chi connectivity index (χ4v) is 1.73. The second-order valence-corrected chi connectivity index (χ2v) is 3.72. The highest BCUT2D eigenvalue weighted by atomic mass is 35.5. The second kappa shape index (κ2) is 4.40. The second-order valence-electron chi connectivity index (χ2n) is 2.30. The Bertz CT molecular complexity index is 359. The summed E-state index contributed by atoms with van der Waals surface area (Å²) in [7, 11) is 0. The zero-order chi connectivity index (χ0) is 9.84. The third-order valence-electron chi connectivity index (χ3n) is 1.36. The van der Waals surface area contributed by atoms with Gasteiger partial charge in [-0.1, -0.05) is 17.5 Å². The van der Waals surface area contributed by atoms with Crippen LogP contribution in [0.15, 0.2) is 17.0 Å². The van der Waals surface area contributed by atoms with Crippen LogP contribution >= 0.6 is 23.4 Å². The SMILES string of the molecule is C#CCSc1cc(N)c(F)cc1Cl. The fraction of sp³-hybridized carbons (Fsp3) is 0.111. The number of nitrogen functional groups attached to an aromatic ring is 1. The Hall–Kier alpha value is -0.850. The lowest BCUT2D eigenvalue weighted by atomic mass is 10.3. The molecule has 0 aliphatic rings. The van der Waals surface area contributed by atoms with Crippen molar-refractivity contribution in [3.05, 3.63) is 23.0 Å². The van der Waals surface area contributed by atoms with Crippen LogP contribution in [0.2, 0.25) is 5.02 Å². The molecule has 0 aliphatic carbocycles. The Balaban J connectivity index is 2.96. The number of rotatable bonds is 2. The average molecular weight is 216 g/mol. The molecule has 0 amide bonds. The van der Waals surface area contributed by atoms with Crippen LogP contribution in [-0.2, 0) is 0 Å². The fourth-order valence-electron chi connectivity index (χ4n) is 0.775. The molecule has 4 heteroatoms. The van der Waals surface area contributed by atoms with Gasteiger partial charge in [0.1, 0.15) is 5.82 Å². The van der Waals surface area contributed by atoms with Gasteiger partial charge in [0, 0.05) is 4.90 Å². The van der Waals surface area contributed by atoms with E-state index in [1.165, 1.54) is 23.9 Å². The maximum absolute atomic E-state index is 12.8. The third kappa shape index (κ3) is 2.55. The molecule has 0 heterocycles. The van der Waals surface area contributed by atoms with Gasteiger partial charge in [-0.3, -0.25) is 0 Å². The minimum Gasteiger partial charge on any atom is -0.396 e. The van der Waals surface area contributed by atoms with Gasteiger partial charge >= 0.3 is 0 Å². The van der Waals surface area contributed by atoms with Gasteiger partial charge in [-0.05, 0) is 12.1 Å². The van der Waals surface area contributed by atoms with Crippen molar-refractivity contribution in [1.82, 2.24) is 0 Å². The lowest BCUT2D eigenvalue weighted by molar-refractivity contribution is 0.631. The summed E-state index contributed by atoms with van der Waals surface area (Å²) in [6.07, 6.45) is 5.08. The van der Waals surface area contributed by atoms with E-state index in [1.807, 2.05) is 0 Å². The van der Waals surface area contributed by atoms with Crippen molar-refractivity contribution in [1.29, 1.82) is 0 Å². The average Bonchev–Trinajstić information content (AvgIpc) is 2.09. The maximum Gasteiger partial charge on any atom is 0.147 e. The van der Waals surface area contributed by atoms with E-state index in [0.717, 1.165) is 0 Å². The molecular weight excluding hydrogens is 209 g/mol. The van der Waals surface area contributed by atoms with E-state index < -0.39 is 5.82 Å². The van der Waals surface area contributed by atoms with Gasteiger partial charge in [0.05, 0.1) is 16.5 Å². The van der Waals surface area contributed by atoms with Gasteiger partial charge in [-0.15, -0.1) is 18.2 Å². The first-order valence-corrected chi connectivity index (χ1v) is 4.82. The van der Waals surface area contributed by atoms with Crippen LogP contribution in [0.25, 0.3) is 0 Å². The summed E-state index contributed by atoms with van der Waals surface area (Å²) in [6, 6.07) is 2.68. The van der Waals surface area contributed by atoms with E-state index in [9.17, 15) is 4.39 Å². The molecule has 0 aliphatic heterocycles. The predicted octanol–water partition coefficient (Wildman–Crippen LogP) is 2.79. The number of terminal acetylenes is 1. The van der Waals surface area contributed by atoms with Gasteiger partial charge in [-0.25, -0.2) is 4.39 Å². The Morgan fingerprint density at radius 1 is 1.62 bits per heavy atom. The number of anilines is 1. The van der Waals surface area contributed by atoms with Gasteiger partial charge in [-0.2, -0.15) is 0 Å². The number of nitrogens with two attached hydrogens (primary N) is 1. The molecule has 0 atom stereocenters. The van der Waals surface area contributed by atoms with Crippen LogP contribution in [-0.4, -0.2) is 5.75 Å². The van der Waals surface area contributed by atoms with Crippen molar-refractivity contribution in [3.8, 4) is 12.3 Å². The largest absolute Gasteiger partial charge is 0.396 e. The van der Waals surface area contributed by atoms with Crippen molar-refractivity contribution in [3.63, 3.8) is 0 Å². The number of benzene rings is 1. The highest BCUT2D eigenvalue weighted by Crippen LogP contribution is 2.30. The van der Waals surface area contributed by atoms with Crippen LogP contribution in [0.3, 0.4) is 0 Å². The summed E-state index contributed by atoms with van der Waals surface area (Å²) in [5, 5.41) is 0.340. The first-order chi connectivity index (χ1) is 6.15. The Kier molecular flexibility index (Phi) is 3.47. The molecular formula is C9H7ClFNS. The molecule has 13 heavy (non-hydrogen) atoms. The topological polar surface area (TPSA) is 26.0 Å². The molecule has 1 aromatic carbocycles. The summed E-state index contributed by atoms with van der Waals surface area (Å²) in [6.45, 7) is 0. The van der Waals surface area contributed by atoms with E-state index >= 15 is 0 Å². The molecule has 0 saturated carbocycles. The number of hydrogen-bond donors (Lipinski definition) is 1. The Morgan fingerprint density at radius 2 is 2.31 bits per heavy atom. The minimum atomic E-state index is -0.505. The summed E-state index contributed by atoms with van der Waals surface area (Å²) in [4.78, 5) is 0.707. The molecule has 0 saturated heterocycles. The summed E-state index contributed by atoms with van der Waals surface area (Å²) < 4.78 is 12.8. The van der Waals surface area contributed by atoms with Crippen molar-refractivity contribution in [2.45, 2.75) is 4.90 Å². The lowest BCUT2D eigenvalue weighted by Gasteiger charge is -2.03. The van der Waals surface area contributed by atoms with Crippen molar-refractivity contribution >= 4 is 29.1 Å². The van der Waals surface area contributed by atoms with E-state index in [0.29, 0.717) is 15.7 Å². The van der Waals surface area contributed by atoms with Crippen LogP contribution in [0.4, 0.5) is 10.1 Å². The molecule has 0 unspecified atom stereocenters. The zero-order valence-electron chi connectivity index (χ0n) is 6.68. The van der Waals surface area contributed by atoms with Crippen LogP contribution in [0.1, 0.15) is 0 Å². The smallest absolute Gasteiger partial charge is 0.147 e. The van der Waals surface area contributed by atoms with Crippen molar-refractivity contribution in [2.75, 3.05) is 11.5 Å². The van der Waals surface area contributed by atoms with Crippen LogP contribution in [0.5, 0.6) is 0 Å². The predicted molar refractivity (Wildman–Crippen MR) is 55.4 cm³/mol. The minimum absolute atomic E-state index is 0.0870. The van der Waals surface area contributed by atoms with Gasteiger partial charge in [0.25, 0.3) is 0 Å². The molecule has 0 aromatic heterocycles. The molecule has 1 aromatic rings. The highest BCUT2D eigenvalue weighted by Gasteiger charge is 2.05. The number of thioether (sulfide) groups is 1. The standard InChI is InChI=1S/C9H7ClFNS/c1-2-3-13-9-5-8(12)7(11)4-6(9)10/h1,4-5H,3,12H2. The zero-order valence-corrected chi connectivity index (χ0v) is 8.25. The molecule has 0 bridgehead atoms. The van der Waals surface area contributed by atoms with Crippen LogP contribution in [0, 0.1) is 18.2 Å². The lowest BCUT2D eigenvalue weighted by Crippen LogP contribution is -1.91. The third-order valence-corrected chi connectivity index (χ3v) is 2.75. The van der Waals surface area contributed by atoms with E-state index in [2.05, 4.69) is 5.92 Å². The van der Waals surface area contributed by atoms with E-state index in [4.69, 9.17) is 23.8 Å². The van der Waals surface area contributed by atoms with E-state index in [-0.39, 0.29) is 5.69 Å². The summed E-state index contributed by atoms with van der Waals surface area (Å²) in [5.41, 5.74) is 5.45. The molecule has 0 radical (unpaired) electrons. The number of hydrogen-bond acceptors (Lipinski definition) is 2. The quantitative estimate of drug-likeness (QED) is 0.467. The number of halogens is 2. The highest BCUT2D eigenvalue weighted by molar-refractivity contribution is 7.99. The first-order valence-electron chi connectivity index (χ1n) is 3.46. The Morgan fingerprint density at radius 3 is 2.92 bits per heavy atom. The monoisotopic (exact) mass is 215 g/mol. The normalized spacial score (nSPS) is 9.62.